The minimum atomic E-state index is -2.79. The second-order valence-corrected chi connectivity index (χ2v) is 11.2. The molecule has 2 aliphatic heterocycles. The predicted molar refractivity (Wildman–Crippen MR) is 165 cm³/mol. The fourth-order valence-electron chi connectivity index (χ4n) is 6.11. The molecule has 0 radical (unpaired) electrons. The first-order valence-electron chi connectivity index (χ1n) is 15.2. The van der Waals surface area contributed by atoms with Crippen molar-refractivity contribution in [3.8, 4) is 23.6 Å². The molecule has 2 amide bonds. The number of carbonyl (C=O) groups is 2. The summed E-state index contributed by atoms with van der Waals surface area (Å²) in [5, 5.41) is 10.5. The average Bonchev–Trinajstić information content (AvgIpc) is 3.70. The molecule has 2 aliphatic rings. The summed E-state index contributed by atoms with van der Waals surface area (Å²) in [7, 11) is 0. The van der Waals surface area contributed by atoms with Gasteiger partial charge in [0.15, 0.2) is 11.5 Å². The molecule has 0 saturated carbocycles. The minimum Gasteiger partial charge on any atom is -0.339 e. The van der Waals surface area contributed by atoms with Gasteiger partial charge in [-0.3, -0.25) is 18.7 Å². The summed E-state index contributed by atoms with van der Waals surface area (Å²) in [4.78, 5) is 39.1. The highest BCUT2D eigenvalue weighted by Crippen LogP contribution is 2.32. The Morgan fingerprint density at radius 2 is 1.89 bits per heavy atom. The van der Waals surface area contributed by atoms with Crippen LogP contribution in [0.15, 0.2) is 43.0 Å². The molecule has 6 rings (SSSR count). The third kappa shape index (κ3) is 6.10. The van der Waals surface area contributed by atoms with Gasteiger partial charge in [-0.05, 0) is 56.1 Å². The van der Waals surface area contributed by atoms with Gasteiger partial charge in [0, 0.05) is 67.5 Å². The molecular weight excluding hydrogens is 580 g/mol. The lowest BCUT2D eigenvalue weighted by atomic mass is 9.96. The molecule has 4 aromatic rings. The number of piperidine rings is 1. The number of amides is 2. The molecule has 3 aromatic heterocycles. The Bertz CT molecular complexity index is 1740. The zero-order valence-electron chi connectivity index (χ0n) is 25.0. The fourth-order valence-corrected chi connectivity index (χ4v) is 6.11. The molecular formula is C32H35F2N9O2. The smallest absolute Gasteiger partial charge is 0.282 e. The Labute approximate surface area is 259 Å². The van der Waals surface area contributed by atoms with Gasteiger partial charge in [-0.1, -0.05) is 12.8 Å². The molecule has 0 unspecified atom stereocenters. The molecule has 0 bridgehead atoms. The molecule has 2 fully saturated rings. The molecule has 2 N–H and O–H groups in total. The Hall–Kier alpha value is -4.83. The highest BCUT2D eigenvalue weighted by Gasteiger charge is 2.30. The number of fused-ring (bicyclic) bond motifs is 1. The lowest BCUT2D eigenvalue weighted by Crippen LogP contribution is -2.52. The number of hydrogen-bond donors (Lipinski definition) is 2. The highest BCUT2D eigenvalue weighted by atomic mass is 19.3. The molecule has 11 nitrogen and oxygen atoms in total. The van der Waals surface area contributed by atoms with Crippen LogP contribution in [0.4, 0.5) is 20.3 Å². The first kappa shape index (κ1) is 30.2. The molecule has 0 atom stereocenters. The second-order valence-electron chi connectivity index (χ2n) is 11.2. The van der Waals surface area contributed by atoms with E-state index in [4.69, 9.17) is 6.42 Å². The normalized spacial score (nSPS) is 15.9. The van der Waals surface area contributed by atoms with Crippen molar-refractivity contribution in [3.05, 3.63) is 59.8 Å². The Morgan fingerprint density at radius 3 is 2.60 bits per heavy atom. The molecule has 13 heteroatoms. The van der Waals surface area contributed by atoms with Gasteiger partial charge in [0.25, 0.3) is 12.3 Å². The number of carbonyl (C=O) groups excluding carboxylic acids is 2. The largest absolute Gasteiger partial charge is 0.339 e. The van der Waals surface area contributed by atoms with Crippen LogP contribution in [0.5, 0.6) is 0 Å². The van der Waals surface area contributed by atoms with Crippen LogP contribution < -0.4 is 10.6 Å². The first-order chi connectivity index (χ1) is 21.9. The summed E-state index contributed by atoms with van der Waals surface area (Å²) < 4.78 is 30.6. The van der Waals surface area contributed by atoms with E-state index >= 15 is 0 Å². The number of alkyl halides is 2. The van der Waals surface area contributed by atoms with Crippen LogP contribution in [-0.2, 0) is 17.8 Å². The lowest BCUT2D eigenvalue weighted by Gasteiger charge is -2.37. The minimum absolute atomic E-state index is 0.0503. The average molecular weight is 616 g/mol. The predicted octanol–water partition coefficient (Wildman–Crippen LogP) is 3.75. The van der Waals surface area contributed by atoms with E-state index in [-0.39, 0.29) is 35.5 Å². The SMILES string of the molecule is C#CCn1cc(-c2cnc3c(Nc4ccc(C(=O)N5CCN(C(=O)C6CCNCC6)CC5)c(CC)c4)nccn23)c(C(F)F)n1. The Kier molecular flexibility index (Phi) is 8.75. The number of imidazole rings is 1. The van der Waals surface area contributed by atoms with Gasteiger partial charge in [-0.25, -0.2) is 18.7 Å². The maximum atomic E-state index is 13.8. The summed E-state index contributed by atoms with van der Waals surface area (Å²) in [5.41, 5.74) is 2.93. The summed E-state index contributed by atoms with van der Waals surface area (Å²) in [6.07, 6.45) is 11.1. The number of nitrogens with one attached hydrogen (secondary N) is 2. The fraction of sp³-hybridized carbons (Fsp3) is 0.406. The van der Waals surface area contributed by atoms with Crippen molar-refractivity contribution in [3.63, 3.8) is 0 Å². The third-order valence-electron chi connectivity index (χ3n) is 8.50. The van der Waals surface area contributed by atoms with Gasteiger partial charge in [0.1, 0.15) is 12.2 Å². The zero-order valence-corrected chi connectivity index (χ0v) is 25.0. The van der Waals surface area contributed by atoms with E-state index in [0.29, 0.717) is 61.0 Å². The zero-order chi connectivity index (χ0) is 31.5. The summed E-state index contributed by atoms with van der Waals surface area (Å²) in [5.74, 6) is 3.06. The van der Waals surface area contributed by atoms with E-state index in [1.807, 2.05) is 34.9 Å². The number of anilines is 2. The van der Waals surface area contributed by atoms with Crippen LogP contribution in [0, 0.1) is 18.3 Å². The van der Waals surface area contributed by atoms with Crippen molar-refractivity contribution >= 4 is 29.0 Å². The number of benzene rings is 1. The van der Waals surface area contributed by atoms with Crippen molar-refractivity contribution in [2.45, 2.75) is 39.2 Å². The summed E-state index contributed by atoms with van der Waals surface area (Å²) >= 11 is 0. The van der Waals surface area contributed by atoms with Crippen LogP contribution in [0.3, 0.4) is 0 Å². The molecule has 0 aliphatic carbocycles. The van der Waals surface area contributed by atoms with Gasteiger partial charge in [0.2, 0.25) is 5.91 Å². The van der Waals surface area contributed by atoms with E-state index < -0.39 is 6.43 Å². The summed E-state index contributed by atoms with van der Waals surface area (Å²) in [6, 6.07) is 5.54. The van der Waals surface area contributed by atoms with Crippen molar-refractivity contribution < 1.29 is 18.4 Å². The van der Waals surface area contributed by atoms with Gasteiger partial charge in [-0.2, -0.15) is 5.10 Å². The number of aromatic nitrogens is 5. The van der Waals surface area contributed by atoms with Gasteiger partial charge in [-0.15, -0.1) is 6.42 Å². The molecule has 0 spiro atoms. The Morgan fingerprint density at radius 1 is 1.13 bits per heavy atom. The van der Waals surface area contributed by atoms with Gasteiger partial charge >= 0.3 is 0 Å². The molecule has 234 valence electrons. The lowest BCUT2D eigenvalue weighted by molar-refractivity contribution is -0.137. The number of hydrogen-bond acceptors (Lipinski definition) is 7. The molecule has 45 heavy (non-hydrogen) atoms. The second kappa shape index (κ2) is 13.0. The number of rotatable bonds is 8. The van der Waals surface area contributed by atoms with E-state index in [9.17, 15) is 18.4 Å². The maximum absolute atomic E-state index is 13.8. The van der Waals surface area contributed by atoms with Crippen molar-refractivity contribution in [2.24, 2.45) is 5.92 Å². The number of terminal acetylenes is 1. The molecule has 2 saturated heterocycles. The van der Waals surface area contributed by atoms with Crippen molar-refractivity contribution in [1.29, 1.82) is 0 Å². The third-order valence-corrected chi connectivity index (χ3v) is 8.50. The quantitative estimate of drug-likeness (QED) is 0.291. The molecule has 1 aromatic carbocycles. The Balaban J connectivity index is 1.18. The monoisotopic (exact) mass is 615 g/mol. The van der Waals surface area contributed by atoms with Crippen LogP contribution in [0.2, 0.25) is 0 Å². The maximum Gasteiger partial charge on any atom is 0.282 e. The number of aryl methyl sites for hydroxylation is 1. The van der Waals surface area contributed by atoms with Crippen molar-refractivity contribution in [2.75, 3.05) is 44.6 Å². The molecule has 5 heterocycles. The number of piperazine rings is 1. The van der Waals surface area contributed by atoms with Crippen LogP contribution in [0.1, 0.15) is 47.8 Å². The van der Waals surface area contributed by atoms with E-state index in [0.717, 1.165) is 31.5 Å². The van der Waals surface area contributed by atoms with E-state index in [1.165, 1.54) is 17.1 Å². The van der Waals surface area contributed by atoms with Crippen molar-refractivity contribution in [1.82, 2.24) is 39.3 Å². The van der Waals surface area contributed by atoms with Crippen LogP contribution in [-0.4, -0.2) is 85.0 Å². The van der Waals surface area contributed by atoms with E-state index in [1.54, 1.807) is 16.8 Å². The topological polar surface area (TPSA) is 113 Å². The van der Waals surface area contributed by atoms with E-state index in [2.05, 4.69) is 31.6 Å². The number of nitrogens with zero attached hydrogens (tertiary/aromatic N) is 7. The van der Waals surface area contributed by atoms with Gasteiger partial charge in [0.05, 0.1) is 11.9 Å². The highest BCUT2D eigenvalue weighted by molar-refractivity contribution is 5.96. The summed E-state index contributed by atoms with van der Waals surface area (Å²) in [6.45, 7) is 5.89. The standard InChI is InChI=1S/C32H35F2N9O2/c1-3-12-42-20-25(27(39-42)28(33)34)26-19-37-30-29(36-11-13-43(26)30)38-23-5-6-24(21(4-2)18-23)32(45)41-16-14-40(15-17-41)31(44)22-7-9-35-10-8-22/h1,5-6,11,13,18-20,22,28,35H,4,7-10,12,14-17H2,2H3,(H,36,38). The van der Waals surface area contributed by atoms with Gasteiger partial charge < -0.3 is 20.4 Å². The van der Waals surface area contributed by atoms with Crippen LogP contribution in [0.25, 0.3) is 16.9 Å². The first-order valence-corrected chi connectivity index (χ1v) is 15.2. The van der Waals surface area contributed by atoms with Crippen LogP contribution >= 0.6 is 0 Å². The number of halogens is 2.